The van der Waals surface area contributed by atoms with Gasteiger partial charge in [0.15, 0.2) is 0 Å². The quantitative estimate of drug-likeness (QED) is 0.774. The second kappa shape index (κ2) is 6.47. The highest BCUT2D eigenvalue weighted by Crippen LogP contribution is 2.36. The fourth-order valence-corrected chi connectivity index (χ4v) is 4.57. The lowest BCUT2D eigenvalue weighted by atomic mass is 10.0. The smallest absolute Gasteiger partial charge is 0.0712 e. The van der Waals surface area contributed by atoms with Crippen molar-refractivity contribution < 1.29 is 5.11 Å². The van der Waals surface area contributed by atoms with Crippen LogP contribution in [-0.2, 0) is 25.9 Å². The Morgan fingerprint density at radius 1 is 1.19 bits per heavy atom. The van der Waals surface area contributed by atoms with E-state index in [1.807, 2.05) is 13.1 Å². The number of nitrogens with zero attached hydrogens (tertiary/aromatic N) is 3. The summed E-state index contributed by atoms with van der Waals surface area (Å²) in [5.41, 5.74) is 7.99. The maximum atomic E-state index is 9.87. The Morgan fingerprint density at radius 2 is 2.04 bits per heavy atom. The van der Waals surface area contributed by atoms with Crippen molar-refractivity contribution in [1.82, 2.24) is 14.5 Å². The Balaban J connectivity index is 1.49. The Hall–Kier alpha value is -2.17. The first kappa shape index (κ1) is 17.0. The standard InChI is InChI=1S/C23H27N3O/c1-15-3-6-20-18(11-15)19-14-25(22-12-23(22)27)9-8-21(19)26(20)10-7-17-5-4-16(2)24-13-17/h3-6,11,13,22-23,27H,7-10,12,14H2,1-2H3. The number of pyridine rings is 1. The fourth-order valence-electron chi connectivity index (χ4n) is 4.57. The van der Waals surface area contributed by atoms with Gasteiger partial charge < -0.3 is 9.67 Å². The molecule has 0 spiro atoms. The summed E-state index contributed by atoms with van der Waals surface area (Å²) in [5.74, 6) is 0. The van der Waals surface area contributed by atoms with Crippen molar-refractivity contribution in [1.29, 1.82) is 0 Å². The highest BCUT2D eigenvalue weighted by Gasteiger charge is 2.42. The zero-order valence-electron chi connectivity index (χ0n) is 16.2. The molecular formula is C23H27N3O. The highest BCUT2D eigenvalue weighted by molar-refractivity contribution is 5.86. The molecule has 1 aliphatic carbocycles. The first-order chi connectivity index (χ1) is 13.1. The van der Waals surface area contributed by atoms with Gasteiger partial charge in [0.1, 0.15) is 0 Å². The van der Waals surface area contributed by atoms with E-state index in [2.05, 4.69) is 51.7 Å². The van der Waals surface area contributed by atoms with Crippen LogP contribution in [-0.4, -0.2) is 38.2 Å². The number of hydrogen-bond acceptors (Lipinski definition) is 3. The van der Waals surface area contributed by atoms with Crippen molar-refractivity contribution in [2.45, 2.75) is 58.3 Å². The van der Waals surface area contributed by atoms with E-state index in [0.717, 1.165) is 44.6 Å². The molecule has 140 valence electrons. The van der Waals surface area contributed by atoms with Crippen LogP contribution in [0.25, 0.3) is 10.9 Å². The molecule has 2 aromatic heterocycles. The average molecular weight is 361 g/mol. The van der Waals surface area contributed by atoms with Gasteiger partial charge in [0.05, 0.1) is 6.10 Å². The molecule has 2 aliphatic rings. The van der Waals surface area contributed by atoms with Crippen molar-refractivity contribution in [3.63, 3.8) is 0 Å². The second-order valence-electron chi connectivity index (χ2n) is 8.25. The van der Waals surface area contributed by atoms with Gasteiger partial charge in [-0.1, -0.05) is 17.7 Å². The molecule has 0 amide bonds. The highest BCUT2D eigenvalue weighted by atomic mass is 16.3. The topological polar surface area (TPSA) is 41.3 Å². The molecule has 1 fully saturated rings. The lowest BCUT2D eigenvalue weighted by Gasteiger charge is -2.28. The van der Waals surface area contributed by atoms with E-state index < -0.39 is 0 Å². The van der Waals surface area contributed by atoms with Gasteiger partial charge in [0, 0.05) is 60.6 Å². The number of fused-ring (bicyclic) bond motifs is 3. The average Bonchev–Trinajstić information content (AvgIpc) is 3.33. The fraction of sp³-hybridized carbons (Fsp3) is 0.435. The number of hydrogen-bond donors (Lipinski definition) is 1. The van der Waals surface area contributed by atoms with Crippen LogP contribution in [0.3, 0.4) is 0 Å². The minimum absolute atomic E-state index is 0.115. The van der Waals surface area contributed by atoms with Gasteiger partial charge in [-0.05, 0) is 56.0 Å². The van der Waals surface area contributed by atoms with Crippen molar-refractivity contribution in [3.05, 3.63) is 64.6 Å². The third-order valence-electron chi connectivity index (χ3n) is 6.23. The van der Waals surface area contributed by atoms with Crippen molar-refractivity contribution in [2.75, 3.05) is 6.54 Å². The van der Waals surface area contributed by atoms with E-state index in [0.29, 0.717) is 6.04 Å². The molecule has 1 saturated carbocycles. The van der Waals surface area contributed by atoms with Crippen LogP contribution in [0.4, 0.5) is 0 Å². The molecule has 3 heterocycles. The number of benzene rings is 1. The van der Waals surface area contributed by atoms with Gasteiger partial charge in [0.2, 0.25) is 0 Å². The summed E-state index contributed by atoms with van der Waals surface area (Å²) in [5, 5.41) is 11.3. The van der Waals surface area contributed by atoms with E-state index in [-0.39, 0.29) is 6.10 Å². The van der Waals surface area contributed by atoms with Crippen LogP contribution in [0.15, 0.2) is 36.5 Å². The number of rotatable bonds is 4. The Bertz CT molecular complexity index is 989. The van der Waals surface area contributed by atoms with Gasteiger partial charge in [-0.3, -0.25) is 9.88 Å². The second-order valence-corrected chi connectivity index (χ2v) is 8.25. The van der Waals surface area contributed by atoms with Crippen LogP contribution >= 0.6 is 0 Å². The predicted octanol–water partition coefficient (Wildman–Crippen LogP) is 3.39. The number of aliphatic hydroxyl groups excluding tert-OH is 1. The number of aryl methyl sites for hydroxylation is 4. The van der Waals surface area contributed by atoms with Crippen LogP contribution < -0.4 is 0 Å². The van der Waals surface area contributed by atoms with E-state index in [1.54, 1.807) is 0 Å². The summed E-state index contributed by atoms with van der Waals surface area (Å²) in [6, 6.07) is 11.5. The summed E-state index contributed by atoms with van der Waals surface area (Å²) in [7, 11) is 0. The SMILES string of the molecule is Cc1ccc2c(c1)c1c(n2CCc2ccc(C)nc2)CCN(C2CC2O)C1. The molecule has 2 unspecified atom stereocenters. The summed E-state index contributed by atoms with van der Waals surface area (Å²) >= 11 is 0. The van der Waals surface area contributed by atoms with Crippen LogP contribution in [0.1, 0.15) is 34.5 Å². The molecule has 0 bridgehead atoms. The maximum absolute atomic E-state index is 9.87. The van der Waals surface area contributed by atoms with Crippen molar-refractivity contribution in [3.8, 4) is 0 Å². The normalized spacial score (nSPS) is 22.2. The Morgan fingerprint density at radius 3 is 2.78 bits per heavy atom. The zero-order valence-corrected chi connectivity index (χ0v) is 16.2. The van der Waals surface area contributed by atoms with Crippen LogP contribution in [0, 0.1) is 13.8 Å². The van der Waals surface area contributed by atoms with Gasteiger partial charge in [0.25, 0.3) is 0 Å². The number of aromatic nitrogens is 2. The van der Waals surface area contributed by atoms with Crippen LogP contribution in [0.5, 0.6) is 0 Å². The molecule has 1 aromatic carbocycles. The molecule has 4 nitrogen and oxygen atoms in total. The molecule has 1 N–H and O–H groups in total. The first-order valence-corrected chi connectivity index (χ1v) is 10.0. The van der Waals surface area contributed by atoms with Gasteiger partial charge in [-0.15, -0.1) is 0 Å². The Kier molecular flexibility index (Phi) is 4.06. The minimum atomic E-state index is -0.115. The van der Waals surface area contributed by atoms with Gasteiger partial charge in [-0.2, -0.15) is 0 Å². The third kappa shape index (κ3) is 3.07. The van der Waals surface area contributed by atoms with Crippen molar-refractivity contribution >= 4 is 10.9 Å². The molecule has 4 heteroatoms. The van der Waals surface area contributed by atoms with Gasteiger partial charge in [-0.25, -0.2) is 0 Å². The molecule has 2 atom stereocenters. The molecule has 1 aliphatic heterocycles. The largest absolute Gasteiger partial charge is 0.391 e. The number of aliphatic hydroxyl groups is 1. The van der Waals surface area contributed by atoms with Crippen LogP contribution in [0.2, 0.25) is 0 Å². The summed E-state index contributed by atoms with van der Waals surface area (Å²) in [6.45, 7) is 7.22. The molecule has 0 radical (unpaired) electrons. The lowest BCUT2D eigenvalue weighted by molar-refractivity contribution is 0.178. The first-order valence-electron chi connectivity index (χ1n) is 10.0. The minimum Gasteiger partial charge on any atom is -0.391 e. The molecule has 3 aromatic rings. The van der Waals surface area contributed by atoms with E-state index in [4.69, 9.17) is 0 Å². The predicted molar refractivity (Wildman–Crippen MR) is 108 cm³/mol. The maximum Gasteiger partial charge on any atom is 0.0712 e. The van der Waals surface area contributed by atoms with E-state index in [9.17, 15) is 5.11 Å². The third-order valence-corrected chi connectivity index (χ3v) is 6.23. The van der Waals surface area contributed by atoms with E-state index >= 15 is 0 Å². The summed E-state index contributed by atoms with van der Waals surface area (Å²) in [6.07, 6.45) is 4.90. The molecule has 0 saturated heterocycles. The molecule has 27 heavy (non-hydrogen) atoms. The van der Waals surface area contributed by atoms with Crippen molar-refractivity contribution in [2.24, 2.45) is 0 Å². The molecule has 5 rings (SSSR count). The zero-order chi connectivity index (χ0) is 18.5. The molecular weight excluding hydrogens is 334 g/mol. The van der Waals surface area contributed by atoms with E-state index in [1.165, 1.54) is 33.3 Å². The van der Waals surface area contributed by atoms with Gasteiger partial charge >= 0.3 is 0 Å². The monoisotopic (exact) mass is 361 g/mol. The summed E-state index contributed by atoms with van der Waals surface area (Å²) in [4.78, 5) is 6.92. The summed E-state index contributed by atoms with van der Waals surface area (Å²) < 4.78 is 2.53. The lowest BCUT2D eigenvalue weighted by Crippen LogP contribution is -2.34. The Labute approximate surface area is 160 Å².